The molecule has 0 spiro atoms. The van der Waals surface area contributed by atoms with Gasteiger partial charge in [-0.25, -0.2) is 4.39 Å². The Bertz CT molecular complexity index is 497. The number of rotatable bonds is 6. The first-order valence-corrected chi connectivity index (χ1v) is 6.12. The van der Waals surface area contributed by atoms with Gasteiger partial charge in [-0.05, 0) is 17.7 Å². The highest BCUT2D eigenvalue weighted by Crippen LogP contribution is 2.06. The Hall–Kier alpha value is -2.44. The van der Waals surface area contributed by atoms with Crippen LogP contribution in [0.15, 0.2) is 24.3 Å². The van der Waals surface area contributed by atoms with Crippen molar-refractivity contribution in [2.75, 3.05) is 27.3 Å². The number of carbonyl (C=O) groups is 3. The molecule has 1 amide bonds. The fourth-order valence-corrected chi connectivity index (χ4v) is 1.56. The summed E-state index contributed by atoms with van der Waals surface area (Å²) in [4.78, 5) is 35.7. The fourth-order valence-electron chi connectivity index (χ4n) is 1.56. The second-order valence-corrected chi connectivity index (χ2v) is 4.21. The van der Waals surface area contributed by atoms with E-state index in [0.717, 1.165) is 4.90 Å². The molecule has 0 saturated heterocycles. The van der Waals surface area contributed by atoms with E-state index in [1.807, 2.05) is 0 Å². The Labute approximate surface area is 121 Å². The number of benzene rings is 1. The highest BCUT2D eigenvalue weighted by atomic mass is 19.1. The lowest BCUT2D eigenvalue weighted by Gasteiger charge is -2.20. The van der Waals surface area contributed by atoms with Crippen molar-refractivity contribution in [3.63, 3.8) is 0 Å². The van der Waals surface area contributed by atoms with Crippen LogP contribution in [-0.4, -0.2) is 50.1 Å². The van der Waals surface area contributed by atoms with Crippen LogP contribution in [0.2, 0.25) is 0 Å². The minimum atomic E-state index is -0.647. The summed E-state index contributed by atoms with van der Waals surface area (Å²) in [7, 11) is 2.37. The largest absolute Gasteiger partial charge is 0.468 e. The summed E-state index contributed by atoms with van der Waals surface area (Å²) >= 11 is 0. The van der Waals surface area contributed by atoms with Gasteiger partial charge in [-0.1, -0.05) is 12.1 Å². The van der Waals surface area contributed by atoms with Gasteiger partial charge in [0.05, 0.1) is 20.6 Å². The molecule has 0 radical (unpaired) electrons. The summed E-state index contributed by atoms with van der Waals surface area (Å²) in [6.07, 6.45) is -0.0612. The fraction of sp³-hybridized carbons (Fsp3) is 0.357. The van der Waals surface area contributed by atoms with Crippen molar-refractivity contribution in [3.05, 3.63) is 35.6 Å². The monoisotopic (exact) mass is 297 g/mol. The maximum Gasteiger partial charge on any atom is 0.325 e. The minimum absolute atomic E-state index is 0.0612. The number of halogens is 1. The summed E-state index contributed by atoms with van der Waals surface area (Å²) in [6.45, 7) is -0.711. The first-order valence-electron chi connectivity index (χ1n) is 6.12. The second-order valence-electron chi connectivity index (χ2n) is 4.21. The third-order valence-electron chi connectivity index (χ3n) is 2.72. The lowest BCUT2D eigenvalue weighted by molar-refractivity contribution is -0.151. The highest BCUT2D eigenvalue weighted by molar-refractivity contribution is 5.87. The van der Waals surface area contributed by atoms with Crippen molar-refractivity contribution < 1.29 is 28.2 Å². The Morgan fingerprint density at radius 1 is 1.00 bits per heavy atom. The van der Waals surface area contributed by atoms with E-state index >= 15 is 0 Å². The van der Waals surface area contributed by atoms with Gasteiger partial charge in [0.15, 0.2) is 0 Å². The molecular formula is C14H16FNO5. The minimum Gasteiger partial charge on any atom is -0.468 e. The topological polar surface area (TPSA) is 72.9 Å². The van der Waals surface area contributed by atoms with E-state index < -0.39 is 23.7 Å². The molecule has 1 aromatic carbocycles. The van der Waals surface area contributed by atoms with Crippen LogP contribution >= 0.6 is 0 Å². The van der Waals surface area contributed by atoms with Crippen LogP contribution in [0.3, 0.4) is 0 Å². The van der Waals surface area contributed by atoms with E-state index in [1.54, 1.807) is 0 Å². The molecule has 0 fully saturated rings. The zero-order valence-electron chi connectivity index (χ0n) is 11.8. The van der Waals surface area contributed by atoms with Gasteiger partial charge in [-0.2, -0.15) is 0 Å². The average Bonchev–Trinajstić information content (AvgIpc) is 2.48. The van der Waals surface area contributed by atoms with E-state index in [0.29, 0.717) is 5.56 Å². The summed E-state index contributed by atoms with van der Waals surface area (Å²) in [5.41, 5.74) is 0.570. The van der Waals surface area contributed by atoms with Crippen LogP contribution in [0, 0.1) is 5.82 Å². The van der Waals surface area contributed by atoms with Crippen molar-refractivity contribution in [3.8, 4) is 0 Å². The molecule has 0 unspecified atom stereocenters. The smallest absolute Gasteiger partial charge is 0.325 e. The predicted molar refractivity (Wildman–Crippen MR) is 70.7 cm³/mol. The van der Waals surface area contributed by atoms with Gasteiger partial charge in [0, 0.05) is 0 Å². The zero-order valence-corrected chi connectivity index (χ0v) is 11.8. The number of carbonyl (C=O) groups excluding carboxylic acids is 3. The molecule has 7 heteroatoms. The molecule has 0 aliphatic rings. The summed E-state index contributed by atoms with van der Waals surface area (Å²) < 4.78 is 21.8. The molecule has 1 aromatic rings. The summed E-state index contributed by atoms with van der Waals surface area (Å²) in [6, 6.07) is 5.38. The van der Waals surface area contributed by atoms with Gasteiger partial charge in [0.2, 0.25) is 5.91 Å². The zero-order chi connectivity index (χ0) is 15.8. The van der Waals surface area contributed by atoms with Crippen LogP contribution in [-0.2, 0) is 30.3 Å². The normalized spacial score (nSPS) is 9.86. The molecule has 21 heavy (non-hydrogen) atoms. The number of methoxy groups -OCH3 is 2. The number of esters is 2. The molecule has 6 nitrogen and oxygen atoms in total. The molecule has 0 bridgehead atoms. The van der Waals surface area contributed by atoms with Crippen molar-refractivity contribution in [2.24, 2.45) is 0 Å². The van der Waals surface area contributed by atoms with Gasteiger partial charge in [0.1, 0.15) is 18.9 Å². The maximum absolute atomic E-state index is 12.8. The maximum atomic E-state index is 12.8. The molecule has 114 valence electrons. The number of hydrogen-bond acceptors (Lipinski definition) is 5. The highest BCUT2D eigenvalue weighted by Gasteiger charge is 2.21. The molecular weight excluding hydrogens is 281 g/mol. The van der Waals surface area contributed by atoms with Crippen LogP contribution in [0.1, 0.15) is 5.56 Å². The first kappa shape index (κ1) is 16.6. The van der Waals surface area contributed by atoms with Crippen molar-refractivity contribution in [2.45, 2.75) is 6.42 Å². The van der Waals surface area contributed by atoms with Gasteiger partial charge < -0.3 is 14.4 Å². The Morgan fingerprint density at radius 2 is 1.48 bits per heavy atom. The van der Waals surface area contributed by atoms with Gasteiger partial charge in [-0.3, -0.25) is 14.4 Å². The second kappa shape index (κ2) is 7.98. The molecule has 0 aromatic heterocycles. The molecule has 0 heterocycles. The Kier molecular flexibility index (Phi) is 6.32. The van der Waals surface area contributed by atoms with E-state index in [4.69, 9.17) is 0 Å². The van der Waals surface area contributed by atoms with Crippen LogP contribution in [0.25, 0.3) is 0 Å². The van der Waals surface area contributed by atoms with E-state index in [1.165, 1.54) is 38.5 Å². The Morgan fingerprint density at radius 3 is 1.90 bits per heavy atom. The van der Waals surface area contributed by atoms with Crippen molar-refractivity contribution >= 4 is 17.8 Å². The first-order chi connectivity index (χ1) is 9.96. The third kappa shape index (κ3) is 5.60. The number of hydrogen-bond donors (Lipinski definition) is 0. The Balaban J connectivity index is 2.75. The molecule has 0 N–H and O–H groups in total. The lowest BCUT2D eigenvalue weighted by atomic mass is 10.1. The molecule has 0 aliphatic heterocycles. The van der Waals surface area contributed by atoms with Crippen LogP contribution in [0.4, 0.5) is 4.39 Å². The van der Waals surface area contributed by atoms with Gasteiger partial charge >= 0.3 is 11.9 Å². The number of ether oxygens (including phenoxy) is 2. The summed E-state index contributed by atoms with van der Waals surface area (Å²) in [5, 5.41) is 0. The molecule has 0 atom stereocenters. The SMILES string of the molecule is COC(=O)CN(CC(=O)OC)C(=O)Cc1ccc(F)cc1. The number of amides is 1. The van der Waals surface area contributed by atoms with Crippen LogP contribution in [0.5, 0.6) is 0 Å². The lowest BCUT2D eigenvalue weighted by Crippen LogP contribution is -2.41. The molecule has 1 rings (SSSR count). The van der Waals surface area contributed by atoms with Crippen molar-refractivity contribution in [1.29, 1.82) is 0 Å². The quantitative estimate of drug-likeness (QED) is 0.717. The third-order valence-corrected chi connectivity index (χ3v) is 2.72. The van der Waals surface area contributed by atoms with Crippen molar-refractivity contribution in [1.82, 2.24) is 4.90 Å². The average molecular weight is 297 g/mol. The van der Waals surface area contributed by atoms with Crippen LogP contribution < -0.4 is 0 Å². The van der Waals surface area contributed by atoms with E-state index in [-0.39, 0.29) is 19.5 Å². The summed E-state index contributed by atoms with van der Waals surface area (Å²) in [5.74, 6) is -2.16. The molecule has 0 saturated carbocycles. The van der Waals surface area contributed by atoms with Gasteiger partial charge in [-0.15, -0.1) is 0 Å². The number of nitrogens with zero attached hydrogens (tertiary/aromatic N) is 1. The van der Waals surface area contributed by atoms with Gasteiger partial charge in [0.25, 0.3) is 0 Å². The van der Waals surface area contributed by atoms with E-state index in [2.05, 4.69) is 9.47 Å². The predicted octanol–water partition coefficient (Wildman–Crippen LogP) is 0.543. The molecule has 0 aliphatic carbocycles. The standard InChI is InChI=1S/C14H16FNO5/c1-20-13(18)8-16(9-14(19)21-2)12(17)7-10-3-5-11(15)6-4-10/h3-6H,7-9H2,1-2H3. The van der Waals surface area contributed by atoms with E-state index in [9.17, 15) is 18.8 Å².